The van der Waals surface area contributed by atoms with Gasteiger partial charge in [0, 0.05) is 36.0 Å². The molecule has 10 atom stereocenters. The van der Waals surface area contributed by atoms with E-state index in [1.807, 2.05) is 12.1 Å². The van der Waals surface area contributed by atoms with Gasteiger partial charge in [-0.05, 0) is 147 Å². The number of thioether (sulfide) groups is 1. The minimum atomic E-state index is -0.364. The topological polar surface area (TPSA) is 81.7 Å². The van der Waals surface area contributed by atoms with Crippen molar-refractivity contribution in [1.29, 1.82) is 0 Å². The van der Waals surface area contributed by atoms with Crippen LogP contribution in [0.3, 0.4) is 0 Å². The molecule has 5 fully saturated rings. The molecule has 0 radical (unpaired) electrons. The molecule has 0 saturated heterocycles. The minimum absolute atomic E-state index is 0.0263. The minimum Gasteiger partial charge on any atom is -0.469 e. The Bertz CT molecular complexity index is 1630. The van der Waals surface area contributed by atoms with E-state index in [1.54, 1.807) is 18.7 Å². The molecule has 1 aromatic rings. The lowest BCUT2D eigenvalue weighted by molar-refractivity contribution is -0.248. The Labute approximate surface area is 354 Å². The van der Waals surface area contributed by atoms with E-state index in [0.29, 0.717) is 36.0 Å². The number of nitrogens with one attached hydrogen (secondary N) is 1. The largest absolute Gasteiger partial charge is 0.469 e. The molecule has 6 nitrogen and oxygen atoms in total. The summed E-state index contributed by atoms with van der Waals surface area (Å²) in [5, 5.41) is 3.53. The number of unbranched alkanes of at least 4 members (excludes halogenated alkanes) is 7. The summed E-state index contributed by atoms with van der Waals surface area (Å²) in [5.74, 6) is 2.70. The van der Waals surface area contributed by atoms with Crippen molar-refractivity contribution in [3.05, 3.63) is 42.2 Å². The van der Waals surface area contributed by atoms with Gasteiger partial charge in [-0.2, -0.15) is 0 Å². The lowest BCUT2D eigenvalue weighted by Crippen LogP contribution is -2.67. The van der Waals surface area contributed by atoms with Gasteiger partial charge in [-0.3, -0.25) is 14.4 Å². The number of fused-ring (bicyclic) bond motifs is 7. The first kappa shape index (κ1) is 45.2. The highest BCUT2D eigenvalue weighted by Crippen LogP contribution is 2.77. The number of ether oxygens (including phenoxy) is 2. The van der Waals surface area contributed by atoms with E-state index in [4.69, 9.17) is 16.1 Å². The van der Waals surface area contributed by atoms with Gasteiger partial charge in [-0.15, -0.1) is 11.8 Å². The number of carbonyl (C=O) groups is 3. The standard InChI is InChI=1S/C50H76FNO5S/c1-34(33-58-37-20-18-36(51)19-21-37)38-24-29-50(45(55)52-32-16-14-12-10-9-11-13-15-17-43(54)56-8)31-30-48(6)39(44(38)50)22-23-41-47(5)27-26-42(57-35(2)53)46(3,4)40(47)25-28-49(41,48)7/h18-21,38-42,44H,1,9-17,22-33H2,2-8H3,(H,52,55)/t38-,39+,40-,41+,42-,44+,47-,48+,49+,50-/m0/s1. The number of esters is 2. The number of hydrogen-bond acceptors (Lipinski definition) is 6. The Balaban J connectivity index is 1.16. The molecule has 0 bridgehead atoms. The van der Waals surface area contributed by atoms with Crippen LogP contribution in [0.5, 0.6) is 0 Å². The van der Waals surface area contributed by atoms with Crippen LogP contribution in [0, 0.1) is 62.5 Å². The number of methoxy groups -OCH3 is 1. The van der Waals surface area contributed by atoms with Gasteiger partial charge in [0.2, 0.25) is 5.91 Å². The molecule has 0 unspecified atom stereocenters. The lowest BCUT2D eigenvalue weighted by Gasteiger charge is -2.72. The quantitative estimate of drug-likeness (QED) is 0.0729. The molecule has 324 valence electrons. The van der Waals surface area contributed by atoms with Gasteiger partial charge in [0.25, 0.3) is 0 Å². The number of carbonyl (C=O) groups excluding carboxylic acids is 3. The number of halogens is 1. The number of rotatable bonds is 17. The Kier molecular flexibility index (Phi) is 14.3. The van der Waals surface area contributed by atoms with Crippen molar-refractivity contribution < 1.29 is 28.2 Å². The van der Waals surface area contributed by atoms with Gasteiger partial charge in [-0.1, -0.05) is 85.3 Å². The Morgan fingerprint density at radius 1 is 0.793 bits per heavy atom. The Morgan fingerprint density at radius 3 is 2.14 bits per heavy atom. The number of benzene rings is 1. The number of hydrogen-bond donors (Lipinski definition) is 1. The normalized spacial score (nSPS) is 36.1. The second-order valence-electron chi connectivity index (χ2n) is 20.8. The third-order valence-electron chi connectivity index (χ3n) is 17.7. The summed E-state index contributed by atoms with van der Waals surface area (Å²) in [7, 11) is 1.45. The zero-order chi connectivity index (χ0) is 41.9. The first-order valence-electron chi connectivity index (χ1n) is 23.1. The monoisotopic (exact) mass is 822 g/mol. The third kappa shape index (κ3) is 8.58. The molecule has 5 aliphatic rings. The SMILES string of the molecule is C=C(CSc1ccc(F)cc1)[C@@H]1CC[C@]2(C(=O)NCCCCCCCCCCC(=O)OC)CC[C@]3(C)[C@H](CC[C@@H]4[C@@]5(C)CC[C@H](OC(C)=O)C(C)(C)[C@@H]5CC[C@]43C)[C@@H]12. The fourth-order valence-electron chi connectivity index (χ4n) is 14.6. The highest BCUT2D eigenvalue weighted by molar-refractivity contribution is 7.99. The van der Waals surface area contributed by atoms with E-state index in [1.165, 1.54) is 56.9 Å². The summed E-state index contributed by atoms with van der Waals surface area (Å²) in [5.41, 5.74) is 1.27. The van der Waals surface area contributed by atoms with E-state index in [-0.39, 0.29) is 56.9 Å². The van der Waals surface area contributed by atoms with Gasteiger partial charge in [-0.25, -0.2) is 4.39 Å². The van der Waals surface area contributed by atoms with Crippen molar-refractivity contribution in [3.8, 4) is 0 Å². The molecule has 1 amide bonds. The molecule has 5 saturated carbocycles. The zero-order valence-electron chi connectivity index (χ0n) is 37.2. The summed E-state index contributed by atoms with van der Waals surface area (Å²) in [6, 6.07) is 6.81. The molecule has 5 aliphatic carbocycles. The lowest BCUT2D eigenvalue weighted by atomic mass is 9.32. The van der Waals surface area contributed by atoms with E-state index in [2.05, 4.69) is 39.9 Å². The Hall–Kier alpha value is -2.35. The maximum absolute atomic E-state index is 14.8. The molecule has 1 aromatic carbocycles. The highest BCUT2D eigenvalue weighted by Gasteiger charge is 2.72. The summed E-state index contributed by atoms with van der Waals surface area (Å²) in [6.45, 7) is 19.7. The maximum Gasteiger partial charge on any atom is 0.305 e. The van der Waals surface area contributed by atoms with Crippen molar-refractivity contribution in [2.45, 2.75) is 175 Å². The zero-order valence-corrected chi connectivity index (χ0v) is 38.0. The van der Waals surface area contributed by atoms with Crippen LogP contribution < -0.4 is 5.32 Å². The fraction of sp³-hybridized carbons (Fsp3) is 0.780. The predicted molar refractivity (Wildman–Crippen MR) is 233 cm³/mol. The fourth-order valence-corrected chi connectivity index (χ4v) is 15.5. The van der Waals surface area contributed by atoms with Crippen LogP contribution in [-0.4, -0.2) is 43.4 Å². The second kappa shape index (κ2) is 18.3. The van der Waals surface area contributed by atoms with Crippen LogP contribution in [0.15, 0.2) is 41.3 Å². The van der Waals surface area contributed by atoms with Gasteiger partial charge >= 0.3 is 11.9 Å². The summed E-state index contributed by atoms with van der Waals surface area (Å²) < 4.78 is 24.5. The average Bonchev–Trinajstić information content (AvgIpc) is 3.59. The molecule has 0 aromatic heterocycles. The first-order chi connectivity index (χ1) is 27.5. The van der Waals surface area contributed by atoms with Crippen molar-refractivity contribution >= 4 is 29.6 Å². The molecule has 6 rings (SSSR count). The maximum atomic E-state index is 14.8. The van der Waals surface area contributed by atoms with Crippen LogP contribution >= 0.6 is 11.8 Å². The molecule has 0 aliphatic heterocycles. The van der Waals surface area contributed by atoms with Crippen molar-refractivity contribution in [3.63, 3.8) is 0 Å². The van der Waals surface area contributed by atoms with Crippen molar-refractivity contribution in [2.75, 3.05) is 19.4 Å². The highest BCUT2D eigenvalue weighted by atomic mass is 32.2. The molecule has 0 heterocycles. The van der Waals surface area contributed by atoms with Gasteiger partial charge in [0.1, 0.15) is 11.9 Å². The van der Waals surface area contributed by atoms with Crippen LogP contribution in [0.2, 0.25) is 0 Å². The van der Waals surface area contributed by atoms with E-state index >= 15 is 0 Å². The van der Waals surface area contributed by atoms with Crippen molar-refractivity contribution in [1.82, 2.24) is 5.32 Å². The molecule has 8 heteroatoms. The van der Waals surface area contributed by atoms with E-state index < -0.39 is 0 Å². The molecular formula is C50H76FNO5S. The second-order valence-corrected chi connectivity index (χ2v) is 21.8. The smallest absolute Gasteiger partial charge is 0.305 e. The van der Waals surface area contributed by atoms with Crippen LogP contribution in [0.4, 0.5) is 4.39 Å². The third-order valence-corrected chi connectivity index (χ3v) is 18.8. The summed E-state index contributed by atoms with van der Waals surface area (Å²) in [4.78, 5) is 39.4. The summed E-state index contributed by atoms with van der Waals surface area (Å²) in [6.07, 6.45) is 20.0. The predicted octanol–water partition coefficient (Wildman–Crippen LogP) is 12.3. The van der Waals surface area contributed by atoms with E-state index in [9.17, 15) is 18.8 Å². The van der Waals surface area contributed by atoms with Gasteiger partial charge < -0.3 is 14.8 Å². The molecule has 0 spiro atoms. The molecular weight excluding hydrogens is 746 g/mol. The van der Waals surface area contributed by atoms with Crippen LogP contribution in [0.1, 0.15) is 164 Å². The molecule has 1 N–H and O–H groups in total. The van der Waals surface area contributed by atoms with Gasteiger partial charge in [0.05, 0.1) is 12.5 Å². The molecule has 58 heavy (non-hydrogen) atoms. The average molecular weight is 822 g/mol. The van der Waals surface area contributed by atoms with Crippen molar-refractivity contribution in [2.24, 2.45) is 56.7 Å². The Morgan fingerprint density at radius 2 is 1.47 bits per heavy atom. The van der Waals surface area contributed by atoms with Crippen LogP contribution in [-0.2, 0) is 23.9 Å². The summed E-state index contributed by atoms with van der Waals surface area (Å²) >= 11 is 1.75. The van der Waals surface area contributed by atoms with E-state index in [0.717, 1.165) is 101 Å². The first-order valence-corrected chi connectivity index (χ1v) is 24.1. The van der Waals surface area contributed by atoms with Gasteiger partial charge in [0.15, 0.2) is 0 Å². The number of amides is 1. The van der Waals surface area contributed by atoms with Crippen LogP contribution in [0.25, 0.3) is 0 Å².